The van der Waals surface area contributed by atoms with Gasteiger partial charge in [0.2, 0.25) is 11.8 Å². The van der Waals surface area contributed by atoms with Gasteiger partial charge in [-0.1, -0.05) is 17.7 Å². The summed E-state index contributed by atoms with van der Waals surface area (Å²) in [7, 11) is 0. The molecule has 2 amide bonds. The molecule has 1 rings (SSSR count). The molecule has 1 aromatic rings. The quantitative estimate of drug-likeness (QED) is 0.739. The first-order chi connectivity index (χ1) is 8.02. The normalized spacial score (nSPS) is 9.82. The molecule has 0 aliphatic carbocycles. The largest absolute Gasteiger partial charge is 0.346 e. The van der Waals surface area contributed by atoms with Gasteiger partial charge in [-0.3, -0.25) is 9.59 Å². The fourth-order valence-electron chi connectivity index (χ4n) is 1.17. The van der Waals surface area contributed by atoms with Gasteiger partial charge in [0.05, 0.1) is 23.8 Å². The number of nitrogens with two attached hydrogens (primary N) is 1. The standard InChI is InChI=1S/C11H14ClN3O2/c1-7-2-3-9(8(12)4-7)15-11(17)6-14-10(16)5-13/h2-4H,5-6,13H2,1H3,(H,14,16)(H,15,17). The summed E-state index contributed by atoms with van der Waals surface area (Å²) < 4.78 is 0. The molecule has 0 fully saturated rings. The molecule has 0 unspecified atom stereocenters. The molecule has 0 aliphatic heterocycles. The third kappa shape index (κ3) is 4.42. The van der Waals surface area contributed by atoms with Crippen molar-refractivity contribution in [2.45, 2.75) is 6.92 Å². The van der Waals surface area contributed by atoms with Crippen LogP contribution in [0.15, 0.2) is 18.2 Å². The van der Waals surface area contributed by atoms with Crippen molar-refractivity contribution >= 4 is 29.1 Å². The van der Waals surface area contributed by atoms with E-state index in [-0.39, 0.29) is 24.9 Å². The van der Waals surface area contributed by atoms with Crippen LogP contribution >= 0.6 is 11.6 Å². The molecule has 0 atom stereocenters. The van der Waals surface area contributed by atoms with Crippen molar-refractivity contribution in [1.82, 2.24) is 5.32 Å². The van der Waals surface area contributed by atoms with Crippen molar-refractivity contribution in [2.75, 3.05) is 18.4 Å². The van der Waals surface area contributed by atoms with Gasteiger partial charge in [-0.2, -0.15) is 0 Å². The molecule has 0 heterocycles. The van der Waals surface area contributed by atoms with Crippen LogP contribution in [0, 0.1) is 6.92 Å². The highest BCUT2D eigenvalue weighted by Crippen LogP contribution is 2.22. The van der Waals surface area contributed by atoms with Crippen molar-refractivity contribution in [3.05, 3.63) is 28.8 Å². The summed E-state index contributed by atoms with van der Waals surface area (Å²) in [6, 6.07) is 5.29. The predicted molar refractivity (Wildman–Crippen MR) is 66.9 cm³/mol. The zero-order valence-electron chi connectivity index (χ0n) is 9.42. The SMILES string of the molecule is Cc1ccc(NC(=O)CNC(=O)CN)c(Cl)c1. The van der Waals surface area contributed by atoms with Crippen LogP contribution in [0.5, 0.6) is 0 Å². The summed E-state index contributed by atoms with van der Waals surface area (Å²) in [6.07, 6.45) is 0. The number of amides is 2. The van der Waals surface area contributed by atoms with E-state index in [2.05, 4.69) is 10.6 Å². The van der Waals surface area contributed by atoms with E-state index >= 15 is 0 Å². The molecule has 92 valence electrons. The Hall–Kier alpha value is -1.59. The summed E-state index contributed by atoms with van der Waals surface area (Å²) in [4.78, 5) is 22.3. The summed E-state index contributed by atoms with van der Waals surface area (Å²) in [5, 5.41) is 5.42. The first-order valence-electron chi connectivity index (χ1n) is 5.05. The third-order valence-electron chi connectivity index (χ3n) is 2.03. The van der Waals surface area contributed by atoms with Crippen LogP contribution in [0.2, 0.25) is 5.02 Å². The molecule has 4 N–H and O–H groups in total. The maximum absolute atomic E-state index is 11.4. The van der Waals surface area contributed by atoms with Gasteiger partial charge in [0.1, 0.15) is 0 Å². The smallest absolute Gasteiger partial charge is 0.243 e. The first kappa shape index (κ1) is 13.5. The van der Waals surface area contributed by atoms with Crippen LogP contribution in [-0.2, 0) is 9.59 Å². The second-order valence-electron chi connectivity index (χ2n) is 3.51. The third-order valence-corrected chi connectivity index (χ3v) is 2.34. The molecule has 0 radical (unpaired) electrons. The van der Waals surface area contributed by atoms with Gasteiger partial charge in [-0.15, -0.1) is 0 Å². The van der Waals surface area contributed by atoms with E-state index in [9.17, 15) is 9.59 Å². The van der Waals surface area contributed by atoms with Crippen LogP contribution in [0.1, 0.15) is 5.56 Å². The van der Waals surface area contributed by atoms with E-state index in [4.69, 9.17) is 17.3 Å². The van der Waals surface area contributed by atoms with E-state index in [1.807, 2.05) is 13.0 Å². The maximum Gasteiger partial charge on any atom is 0.243 e. The minimum atomic E-state index is -0.379. The number of hydrogen-bond acceptors (Lipinski definition) is 3. The zero-order valence-corrected chi connectivity index (χ0v) is 10.2. The molecule has 0 saturated carbocycles. The van der Waals surface area contributed by atoms with Crippen molar-refractivity contribution in [2.24, 2.45) is 5.73 Å². The fourth-order valence-corrected chi connectivity index (χ4v) is 1.45. The molecule has 0 bridgehead atoms. The van der Waals surface area contributed by atoms with Crippen LogP contribution in [0.25, 0.3) is 0 Å². The average Bonchev–Trinajstić information content (AvgIpc) is 2.29. The van der Waals surface area contributed by atoms with E-state index < -0.39 is 0 Å². The number of nitrogens with one attached hydrogen (secondary N) is 2. The van der Waals surface area contributed by atoms with Crippen molar-refractivity contribution in [3.8, 4) is 0 Å². The minimum absolute atomic E-state index is 0.125. The topological polar surface area (TPSA) is 84.2 Å². The first-order valence-corrected chi connectivity index (χ1v) is 5.43. The molecule has 0 spiro atoms. The number of halogens is 1. The van der Waals surface area contributed by atoms with E-state index in [1.165, 1.54) is 0 Å². The summed E-state index contributed by atoms with van der Waals surface area (Å²) in [5.41, 5.74) is 6.61. The van der Waals surface area contributed by atoms with Gasteiger partial charge in [-0.25, -0.2) is 0 Å². The van der Waals surface area contributed by atoms with Crippen LogP contribution < -0.4 is 16.4 Å². The van der Waals surface area contributed by atoms with Crippen molar-refractivity contribution < 1.29 is 9.59 Å². The Balaban J connectivity index is 2.53. The Morgan fingerprint density at radius 1 is 1.35 bits per heavy atom. The summed E-state index contributed by atoms with van der Waals surface area (Å²) in [6.45, 7) is 1.64. The Kier molecular flexibility index (Phi) is 4.93. The number of anilines is 1. The lowest BCUT2D eigenvalue weighted by molar-refractivity contribution is -0.123. The lowest BCUT2D eigenvalue weighted by atomic mass is 10.2. The van der Waals surface area contributed by atoms with Crippen LogP contribution in [-0.4, -0.2) is 24.9 Å². The van der Waals surface area contributed by atoms with E-state index in [0.717, 1.165) is 5.56 Å². The van der Waals surface area contributed by atoms with Gasteiger partial charge in [-0.05, 0) is 24.6 Å². The van der Waals surface area contributed by atoms with Gasteiger partial charge in [0.15, 0.2) is 0 Å². The minimum Gasteiger partial charge on any atom is -0.346 e. The molecule has 0 aromatic heterocycles. The number of hydrogen-bond donors (Lipinski definition) is 3. The second kappa shape index (κ2) is 6.22. The summed E-state index contributed by atoms with van der Waals surface area (Å²) in [5.74, 6) is -0.729. The van der Waals surface area contributed by atoms with E-state index in [1.54, 1.807) is 12.1 Å². The summed E-state index contributed by atoms with van der Waals surface area (Å²) >= 11 is 5.94. The number of rotatable bonds is 4. The van der Waals surface area contributed by atoms with Crippen LogP contribution in [0.3, 0.4) is 0 Å². The zero-order chi connectivity index (χ0) is 12.8. The van der Waals surface area contributed by atoms with Crippen molar-refractivity contribution in [1.29, 1.82) is 0 Å². The fraction of sp³-hybridized carbons (Fsp3) is 0.273. The highest BCUT2D eigenvalue weighted by Gasteiger charge is 2.06. The highest BCUT2D eigenvalue weighted by atomic mass is 35.5. The maximum atomic E-state index is 11.4. The highest BCUT2D eigenvalue weighted by molar-refractivity contribution is 6.33. The Morgan fingerprint density at radius 2 is 2.06 bits per heavy atom. The lowest BCUT2D eigenvalue weighted by Crippen LogP contribution is -2.36. The van der Waals surface area contributed by atoms with Crippen molar-refractivity contribution in [3.63, 3.8) is 0 Å². The molecule has 17 heavy (non-hydrogen) atoms. The Morgan fingerprint density at radius 3 is 2.65 bits per heavy atom. The van der Waals surface area contributed by atoms with Crippen LogP contribution in [0.4, 0.5) is 5.69 Å². The predicted octanol–water partition coefficient (Wildman–Crippen LogP) is 0.662. The molecule has 6 heteroatoms. The van der Waals surface area contributed by atoms with E-state index in [0.29, 0.717) is 10.7 Å². The number of carbonyl (C=O) groups is 2. The number of benzene rings is 1. The van der Waals surface area contributed by atoms with Gasteiger partial charge >= 0.3 is 0 Å². The molecular formula is C11H14ClN3O2. The number of aryl methyl sites for hydroxylation is 1. The molecule has 5 nitrogen and oxygen atoms in total. The van der Waals surface area contributed by atoms with Gasteiger partial charge < -0.3 is 16.4 Å². The van der Waals surface area contributed by atoms with Gasteiger partial charge in [0, 0.05) is 0 Å². The Labute approximate surface area is 104 Å². The number of carbonyl (C=O) groups excluding carboxylic acids is 2. The molecule has 1 aromatic carbocycles. The Bertz CT molecular complexity index is 435. The molecule has 0 aliphatic rings. The monoisotopic (exact) mass is 255 g/mol. The average molecular weight is 256 g/mol. The second-order valence-corrected chi connectivity index (χ2v) is 3.92. The van der Waals surface area contributed by atoms with Gasteiger partial charge in [0.25, 0.3) is 0 Å². The lowest BCUT2D eigenvalue weighted by Gasteiger charge is -2.08. The molecule has 0 saturated heterocycles. The molecular weight excluding hydrogens is 242 g/mol.